The van der Waals surface area contributed by atoms with Gasteiger partial charge in [-0.2, -0.15) is 5.26 Å². The van der Waals surface area contributed by atoms with Gasteiger partial charge in [0.05, 0.1) is 29.7 Å². The summed E-state index contributed by atoms with van der Waals surface area (Å²) in [6.45, 7) is 3.39. The van der Waals surface area contributed by atoms with E-state index in [1.165, 1.54) is 12.1 Å². The Morgan fingerprint density at radius 2 is 2.00 bits per heavy atom. The van der Waals surface area contributed by atoms with Crippen LogP contribution in [-0.2, 0) is 23.8 Å². The van der Waals surface area contributed by atoms with Crippen LogP contribution in [0.3, 0.4) is 0 Å². The molecule has 0 radical (unpaired) electrons. The minimum atomic E-state index is -1.09. The maximum Gasteiger partial charge on any atom is 0.338 e. The molecule has 0 saturated carbocycles. The van der Waals surface area contributed by atoms with Gasteiger partial charge < -0.3 is 19.9 Å². The second kappa shape index (κ2) is 9.24. The molecule has 0 spiro atoms. The standard InChI is InChI=1S/C19H18ClFN2O5/c1-3-26-15(24)8-14-17(19(25)27-4-2)16(11(9-22)18(23)28-14)10-5-6-12(20)13(21)7-10/h5-7,16H,3-4,8,23H2,1-2H3/t16-/m1/s1. The van der Waals surface area contributed by atoms with Crippen LogP contribution >= 0.6 is 11.6 Å². The molecule has 0 amide bonds. The van der Waals surface area contributed by atoms with E-state index in [0.717, 1.165) is 6.07 Å². The minimum Gasteiger partial charge on any atom is -0.466 e. The Kier molecular flexibility index (Phi) is 7.01. The van der Waals surface area contributed by atoms with Gasteiger partial charge in [0.15, 0.2) is 0 Å². The second-order valence-corrected chi connectivity index (χ2v) is 6.04. The number of ether oxygens (including phenoxy) is 3. The molecule has 1 aliphatic heterocycles. The summed E-state index contributed by atoms with van der Waals surface area (Å²) in [7, 11) is 0. The molecule has 28 heavy (non-hydrogen) atoms. The van der Waals surface area contributed by atoms with E-state index in [2.05, 4.69) is 0 Å². The summed E-state index contributed by atoms with van der Waals surface area (Å²) in [6.07, 6.45) is -0.409. The molecule has 9 heteroatoms. The summed E-state index contributed by atoms with van der Waals surface area (Å²) in [5.41, 5.74) is 5.83. The molecule has 0 saturated heterocycles. The van der Waals surface area contributed by atoms with Crippen molar-refractivity contribution in [3.8, 4) is 6.07 Å². The maximum atomic E-state index is 14.0. The minimum absolute atomic E-state index is 0.0395. The fraction of sp³-hybridized carbons (Fsp3) is 0.316. The summed E-state index contributed by atoms with van der Waals surface area (Å²) in [6, 6.07) is 5.71. The number of nitriles is 1. The Morgan fingerprint density at radius 1 is 1.32 bits per heavy atom. The SMILES string of the molecule is CCOC(=O)CC1=C(C(=O)OCC)[C@H](c2ccc(Cl)c(F)c2)C(C#N)=C(N)O1. The Labute approximate surface area is 166 Å². The molecule has 148 valence electrons. The first-order valence-corrected chi connectivity index (χ1v) is 8.80. The van der Waals surface area contributed by atoms with Gasteiger partial charge in [-0.25, -0.2) is 9.18 Å². The normalized spacial score (nSPS) is 16.3. The van der Waals surface area contributed by atoms with Crippen LogP contribution < -0.4 is 5.73 Å². The van der Waals surface area contributed by atoms with Gasteiger partial charge in [-0.1, -0.05) is 17.7 Å². The summed E-state index contributed by atoms with van der Waals surface area (Å²) in [5, 5.41) is 9.42. The highest BCUT2D eigenvalue weighted by Crippen LogP contribution is 2.41. The van der Waals surface area contributed by atoms with E-state index < -0.39 is 30.1 Å². The zero-order valence-corrected chi connectivity index (χ0v) is 16.0. The van der Waals surface area contributed by atoms with Gasteiger partial charge in [0.1, 0.15) is 29.6 Å². The van der Waals surface area contributed by atoms with Gasteiger partial charge in [-0.3, -0.25) is 4.79 Å². The van der Waals surface area contributed by atoms with Crippen LogP contribution in [0.25, 0.3) is 0 Å². The number of hydrogen-bond donors (Lipinski definition) is 1. The van der Waals surface area contributed by atoms with Crippen molar-refractivity contribution in [2.24, 2.45) is 5.73 Å². The predicted octanol–water partition coefficient (Wildman–Crippen LogP) is 3.06. The fourth-order valence-electron chi connectivity index (χ4n) is 2.75. The first-order chi connectivity index (χ1) is 13.3. The van der Waals surface area contributed by atoms with Crippen LogP contribution in [0.1, 0.15) is 31.7 Å². The van der Waals surface area contributed by atoms with Crippen molar-refractivity contribution < 1.29 is 28.2 Å². The van der Waals surface area contributed by atoms with Crippen molar-refractivity contribution in [3.63, 3.8) is 0 Å². The van der Waals surface area contributed by atoms with Crippen molar-refractivity contribution in [1.82, 2.24) is 0 Å². The molecule has 1 atom stereocenters. The molecule has 0 unspecified atom stereocenters. The number of nitrogens with zero attached hydrogens (tertiary/aromatic N) is 1. The molecular formula is C19H18ClFN2O5. The highest BCUT2D eigenvalue weighted by atomic mass is 35.5. The molecule has 0 fully saturated rings. The summed E-state index contributed by atoms with van der Waals surface area (Å²) < 4.78 is 29.4. The number of esters is 2. The Hall–Kier alpha value is -3.05. The van der Waals surface area contributed by atoms with Crippen LogP contribution in [0.5, 0.6) is 0 Å². The third-order valence-corrected chi connectivity index (χ3v) is 4.19. The first kappa shape index (κ1) is 21.3. The van der Waals surface area contributed by atoms with Crippen LogP contribution in [0.2, 0.25) is 5.02 Å². The number of nitrogens with two attached hydrogens (primary N) is 1. The van der Waals surface area contributed by atoms with Crippen LogP contribution in [0.15, 0.2) is 41.0 Å². The van der Waals surface area contributed by atoms with Crippen LogP contribution in [0.4, 0.5) is 4.39 Å². The lowest BCUT2D eigenvalue weighted by molar-refractivity contribution is -0.143. The highest BCUT2D eigenvalue weighted by Gasteiger charge is 2.38. The van der Waals surface area contributed by atoms with E-state index in [4.69, 9.17) is 31.5 Å². The van der Waals surface area contributed by atoms with Gasteiger partial charge in [0, 0.05) is 0 Å². The average molecular weight is 409 g/mol. The van der Waals surface area contributed by atoms with Crippen molar-refractivity contribution in [2.45, 2.75) is 26.2 Å². The smallest absolute Gasteiger partial charge is 0.338 e. The van der Waals surface area contributed by atoms with Gasteiger partial charge in [0.25, 0.3) is 0 Å². The molecule has 1 heterocycles. The van der Waals surface area contributed by atoms with Gasteiger partial charge in [-0.05, 0) is 31.5 Å². The number of hydrogen-bond acceptors (Lipinski definition) is 7. The van der Waals surface area contributed by atoms with E-state index in [0.29, 0.717) is 0 Å². The van der Waals surface area contributed by atoms with E-state index in [-0.39, 0.29) is 46.6 Å². The average Bonchev–Trinajstić information content (AvgIpc) is 2.63. The molecule has 2 rings (SSSR count). The third kappa shape index (κ3) is 4.43. The number of carbonyl (C=O) groups excluding carboxylic acids is 2. The summed E-state index contributed by atoms with van der Waals surface area (Å²) in [4.78, 5) is 24.6. The van der Waals surface area contributed by atoms with Gasteiger partial charge >= 0.3 is 11.9 Å². The quantitative estimate of drug-likeness (QED) is 0.720. The molecule has 0 aromatic heterocycles. The molecule has 0 bridgehead atoms. The molecule has 0 aliphatic carbocycles. The number of rotatable bonds is 6. The summed E-state index contributed by atoms with van der Waals surface area (Å²) in [5.74, 6) is -3.72. The third-order valence-electron chi connectivity index (χ3n) is 3.88. The van der Waals surface area contributed by atoms with Crippen molar-refractivity contribution in [3.05, 3.63) is 57.4 Å². The van der Waals surface area contributed by atoms with E-state index >= 15 is 0 Å². The molecular weight excluding hydrogens is 391 g/mol. The number of carbonyl (C=O) groups is 2. The Bertz CT molecular complexity index is 904. The van der Waals surface area contributed by atoms with Gasteiger partial charge in [0.2, 0.25) is 5.88 Å². The largest absolute Gasteiger partial charge is 0.466 e. The predicted molar refractivity (Wildman–Crippen MR) is 97.0 cm³/mol. The lowest BCUT2D eigenvalue weighted by Crippen LogP contribution is -2.27. The summed E-state index contributed by atoms with van der Waals surface area (Å²) >= 11 is 5.73. The highest BCUT2D eigenvalue weighted by molar-refractivity contribution is 6.30. The zero-order chi connectivity index (χ0) is 20.8. The number of benzene rings is 1. The molecule has 1 aromatic rings. The molecule has 7 nitrogen and oxygen atoms in total. The van der Waals surface area contributed by atoms with Crippen molar-refractivity contribution in [2.75, 3.05) is 13.2 Å². The van der Waals surface area contributed by atoms with E-state index in [1.54, 1.807) is 13.8 Å². The fourth-order valence-corrected chi connectivity index (χ4v) is 2.87. The topological polar surface area (TPSA) is 112 Å². The Balaban J connectivity index is 2.67. The lowest BCUT2D eigenvalue weighted by Gasteiger charge is -2.28. The number of halogens is 2. The van der Waals surface area contributed by atoms with Gasteiger partial charge in [-0.15, -0.1) is 0 Å². The van der Waals surface area contributed by atoms with Crippen LogP contribution in [0, 0.1) is 17.1 Å². The monoisotopic (exact) mass is 408 g/mol. The maximum absolute atomic E-state index is 14.0. The van der Waals surface area contributed by atoms with Crippen molar-refractivity contribution >= 4 is 23.5 Å². The molecule has 2 N–H and O–H groups in total. The Morgan fingerprint density at radius 3 is 2.57 bits per heavy atom. The van der Waals surface area contributed by atoms with Crippen molar-refractivity contribution in [1.29, 1.82) is 5.26 Å². The van der Waals surface area contributed by atoms with Crippen LogP contribution in [-0.4, -0.2) is 25.2 Å². The zero-order valence-electron chi connectivity index (χ0n) is 15.3. The molecule has 1 aliphatic rings. The first-order valence-electron chi connectivity index (χ1n) is 8.42. The molecule has 1 aromatic carbocycles. The number of allylic oxidation sites excluding steroid dienone is 1. The second-order valence-electron chi connectivity index (χ2n) is 5.64. The lowest BCUT2D eigenvalue weighted by atomic mass is 9.82. The van der Waals surface area contributed by atoms with E-state index in [9.17, 15) is 19.2 Å². The van der Waals surface area contributed by atoms with E-state index in [1.807, 2.05) is 6.07 Å².